The molecule has 1 aromatic carbocycles. The van der Waals surface area contributed by atoms with E-state index in [9.17, 15) is 18.4 Å². The number of hydrogen-bond donors (Lipinski definition) is 2. The van der Waals surface area contributed by atoms with Crippen LogP contribution in [0.15, 0.2) is 39.7 Å². The molecule has 38 heavy (non-hydrogen) atoms. The van der Waals surface area contributed by atoms with Crippen LogP contribution in [0, 0.1) is 17.6 Å². The normalized spacial score (nSPS) is 21.7. The van der Waals surface area contributed by atoms with Gasteiger partial charge < -0.3 is 19.7 Å². The molecule has 12 heteroatoms. The Morgan fingerprint density at radius 1 is 1.11 bits per heavy atom. The van der Waals surface area contributed by atoms with Crippen molar-refractivity contribution in [2.45, 2.75) is 63.6 Å². The number of halogens is 2. The van der Waals surface area contributed by atoms with E-state index in [1.807, 2.05) is 0 Å². The standard InChI is InChI=1S/C26H30F2N6O4/c1-15(24-29-14-37-33-24)30-25(35)19-13-34(17-5-3-2-4-6-17)10-9-21(19)31-26(36)22-12-23(38-32-22)18-8-7-16(27)11-20(18)28/h7-8,11-12,14-15,17,19,21H,2-6,9-10,13H2,1H3,(H,30,35)(H,31,36)/t15?,19-,21-/m0/s1. The van der Waals surface area contributed by atoms with E-state index in [-0.39, 0.29) is 22.9 Å². The van der Waals surface area contributed by atoms with Gasteiger partial charge in [-0.05, 0) is 38.3 Å². The van der Waals surface area contributed by atoms with Gasteiger partial charge in [-0.25, -0.2) is 8.78 Å². The maximum absolute atomic E-state index is 14.2. The second kappa shape index (κ2) is 11.4. The number of piperidine rings is 1. The van der Waals surface area contributed by atoms with Gasteiger partial charge in [0.1, 0.15) is 11.6 Å². The lowest BCUT2D eigenvalue weighted by Crippen LogP contribution is -2.58. The lowest BCUT2D eigenvalue weighted by Gasteiger charge is -2.43. The quantitative estimate of drug-likeness (QED) is 0.476. The third kappa shape index (κ3) is 5.74. The van der Waals surface area contributed by atoms with Gasteiger partial charge in [0.05, 0.1) is 17.5 Å². The molecule has 0 spiro atoms. The average Bonchev–Trinajstić information content (AvgIpc) is 3.63. The molecule has 2 N–H and O–H groups in total. The van der Waals surface area contributed by atoms with Gasteiger partial charge in [-0.1, -0.05) is 29.6 Å². The summed E-state index contributed by atoms with van der Waals surface area (Å²) in [5.41, 5.74) is -0.0655. The van der Waals surface area contributed by atoms with Crippen molar-refractivity contribution in [1.82, 2.24) is 30.8 Å². The van der Waals surface area contributed by atoms with Crippen LogP contribution in [0.2, 0.25) is 0 Å². The molecule has 1 aliphatic carbocycles. The summed E-state index contributed by atoms with van der Waals surface area (Å²) in [6, 6.07) is 3.86. The zero-order valence-corrected chi connectivity index (χ0v) is 21.0. The summed E-state index contributed by atoms with van der Waals surface area (Å²) >= 11 is 0. The number of carbonyl (C=O) groups excluding carboxylic acids is 2. The van der Waals surface area contributed by atoms with Crippen LogP contribution < -0.4 is 10.6 Å². The lowest BCUT2D eigenvalue weighted by molar-refractivity contribution is -0.128. The average molecular weight is 529 g/mol. The molecule has 1 saturated heterocycles. The largest absolute Gasteiger partial charge is 0.355 e. The highest BCUT2D eigenvalue weighted by Crippen LogP contribution is 2.29. The molecule has 2 aliphatic rings. The number of nitrogens with zero attached hydrogens (tertiary/aromatic N) is 4. The van der Waals surface area contributed by atoms with Crippen molar-refractivity contribution in [2.75, 3.05) is 13.1 Å². The van der Waals surface area contributed by atoms with E-state index in [1.54, 1.807) is 6.92 Å². The molecule has 1 aliphatic heterocycles. The van der Waals surface area contributed by atoms with Crippen LogP contribution in [0.5, 0.6) is 0 Å². The number of benzene rings is 1. The number of nitrogens with one attached hydrogen (secondary N) is 2. The molecule has 1 saturated carbocycles. The molecule has 0 bridgehead atoms. The maximum Gasteiger partial charge on any atom is 0.273 e. The highest BCUT2D eigenvalue weighted by atomic mass is 19.1. The third-order valence-electron chi connectivity index (χ3n) is 7.45. The Morgan fingerprint density at radius 2 is 1.92 bits per heavy atom. The highest BCUT2D eigenvalue weighted by Gasteiger charge is 2.38. The lowest BCUT2D eigenvalue weighted by atomic mass is 9.86. The molecule has 2 amide bonds. The van der Waals surface area contributed by atoms with Crippen molar-refractivity contribution >= 4 is 11.8 Å². The topological polar surface area (TPSA) is 126 Å². The fourth-order valence-electron chi connectivity index (χ4n) is 5.39. The van der Waals surface area contributed by atoms with E-state index < -0.39 is 35.5 Å². The van der Waals surface area contributed by atoms with Crippen molar-refractivity contribution in [2.24, 2.45) is 5.92 Å². The van der Waals surface area contributed by atoms with Crippen molar-refractivity contribution in [1.29, 1.82) is 0 Å². The summed E-state index contributed by atoms with van der Waals surface area (Å²) in [5.74, 6) is -2.46. The fraction of sp³-hybridized carbons (Fsp3) is 0.500. The Balaban J connectivity index is 1.30. The monoisotopic (exact) mass is 528 g/mol. The van der Waals surface area contributed by atoms with Gasteiger partial charge in [0.25, 0.3) is 5.91 Å². The minimum atomic E-state index is -0.823. The molecule has 3 atom stereocenters. The number of rotatable bonds is 7. The van der Waals surface area contributed by atoms with Crippen LogP contribution in [0.25, 0.3) is 11.3 Å². The van der Waals surface area contributed by atoms with Crippen LogP contribution in [-0.4, -0.2) is 57.2 Å². The molecule has 2 fully saturated rings. The zero-order chi connectivity index (χ0) is 26.6. The van der Waals surface area contributed by atoms with Gasteiger partial charge >= 0.3 is 0 Å². The molecule has 1 unspecified atom stereocenters. The van der Waals surface area contributed by atoms with Crippen molar-refractivity contribution in [3.63, 3.8) is 0 Å². The van der Waals surface area contributed by atoms with Crippen LogP contribution in [0.4, 0.5) is 8.78 Å². The maximum atomic E-state index is 14.2. The van der Waals surface area contributed by atoms with Gasteiger partial charge in [0.15, 0.2) is 17.3 Å². The third-order valence-corrected chi connectivity index (χ3v) is 7.45. The predicted molar refractivity (Wildman–Crippen MR) is 131 cm³/mol. The number of carbonyl (C=O) groups is 2. The summed E-state index contributed by atoms with van der Waals surface area (Å²) < 4.78 is 37.4. The molecule has 10 nitrogen and oxygen atoms in total. The van der Waals surface area contributed by atoms with Gasteiger partial charge in [-0.2, -0.15) is 4.98 Å². The molecule has 3 aromatic rings. The first kappa shape index (κ1) is 26.0. The van der Waals surface area contributed by atoms with Gasteiger partial charge in [0, 0.05) is 37.3 Å². The summed E-state index contributed by atoms with van der Waals surface area (Å²) in [6.45, 7) is 3.03. The van der Waals surface area contributed by atoms with Crippen molar-refractivity contribution < 1.29 is 27.4 Å². The Kier molecular flexibility index (Phi) is 7.77. The van der Waals surface area contributed by atoms with Crippen molar-refractivity contribution in [3.05, 3.63) is 53.8 Å². The van der Waals surface area contributed by atoms with E-state index in [0.29, 0.717) is 24.8 Å². The summed E-state index contributed by atoms with van der Waals surface area (Å²) in [7, 11) is 0. The van der Waals surface area contributed by atoms with Crippen LogP contribution in [0.3, 0.4) is 0 Å². The first-order valence-electron chi connectivity index (χ1n) is 12.9. The van der Waals surface area contributed by atoms with Crippen LogP contribution in [-0.2, 0) is 4.79 Å². The molecule has 0 radical (unpaired) electrons. The fourth-order valence-corrected chi connectivity index (χ4v) is 5.39. The van der Waals surface area contributed by atoms with E-state index in [4.69, 9.17) is 9.05 Å². The molecular weight excluding hydrogens is 498 g/mol. The first-order chi connectivity index (χ1) is 18.4. The molecule has 5 rings (SSSR count). The van der Waals surface area contributed by atoms with Gasteiger partial charge in [0.2, 0.25) is 12.3 Å². The Labute approximate surface area is 218 Å². The van der Waals surface area contributed by atoms with Crippen molar-refractivity contribution in [3.8, 4) is 11.3 Å². The second-order valence-corrected chi connectivity index (χ2v) is 9.98. The minimum Gasteiger partial charge on any atom is -0.355 e. The zero-order valence-electron chi connectivity index (χ0n) is 21.0. The molecule has 2 aromatic heterocycles. The smallest absolute Gasteiger partial charge is 0.273 e. The number of likely N-dealkylation sites (tertiary alicyclic amines) is 1. The van der Waals surface area contributed by atoms with Gasteiger partial charge in [-0.3, -0.25) is 14.5 Å². The predicted octanol–water partition coefficient (Wildman–Crippen LogP) is 3.63. The highest BCUT2D eigenvalue weighted by molar-refractivity contribution is 5.94. The Morgan fingerprint density at radius 3 is 2.66 bits per heavy atom. The molecule has 3 heterocycles. The number of aromatic nitrogens is 3. The summed E-state index contributed by atoms with van der Waals surface area (Å²) in [4.78, 5) is 32.9. The number of hydrogen-bond acceptors (Lipinski definition) is 8. The van der Waals surface area contributed by atoms with Gasteiger partial charge in [-0.15, -0.1) is 0 Å². The SMILES string of the molecule is CC(NC(=O)[C@H]1CN(C2CCCCC2)CC[C@@H]1NC(=O)c1cc(-c2ccc(F)cc2F)on1)c1ncon1. The Hall–Kier alpha value is -3.67. The summed E-state index contributed by atoms with van der Waals surface area (Å²) in [5, 5.41) is 13.5. The van der Waals surface area contributed by atoms with E-state index in [1.165, 1.54) is 37.8 Å². The first-order valence-corrected chi connectivity index (χ1v) is 12.9. The molecule has 202 valence electrons. The number of amides is 2. The Bertz CT molecular complexity index is 1260. The molecular formula is C26H30F2N6O4. The van der Waals surface area contributed by atoms with Crippen LogP contribution in [0.1, 0.15) is 67.8 Å². The summed E-state index contributed by atoms with van der Waals surface area (Å²) in [6.07, 6.45) is 7.58. The van der Waals surface area contributed by atoms with Crippen LogP contribution >= 0.6 is 0 Å². The van der Waals surface area contributed by atoms with E-state index in [0.717, 1.165) is 31.5 Å². The second-order valence-electron chi connectivity index (χ2n) is 9.98. The minimum absolute atomic E-state index is 0.00278. The van der Waals surface area contributed by atoms with E-state index in [2.05, 4.69) is 30.8 Å². The van der Waals surface area contributed by atoms with E-state index >= 15 is 0 Å².